The number of carboxylic acid groups (broad SMARTS) is 1. The summed E-state index contributed by atoms with van der Waals surface area (Å²) in [5, 5.41) is 12.5. The summed E-state index contributed by atoms with van der Waals surface area (Å²) >= 11 is 0. The lowest BCUT2D eigenvalue weighted by molar-refractivity contribution is 0.0698. The second-order valence-electron chi connectivity index (χ2n) is 6.98. The lowest BCUT2D eigenvalue weighted by atomic mass is 9.91. The molecule has 0 radical (unpaired) electrons. The molecule has 0 atom stereocenters. The molecule has 30 heavy (non-hydrogen) atoms. The summed E-state index contributed by atoms with van der Waals surface area (Å²) in [5.41, 5.74) is 3.55. The van der Waals surface area contributed by atoms with E-state index in [1.54, 1.807) is 42.5 Å². The summed E-state index contributed by atoms with van der Waals surface area (Å²) in [5.74, 6) is -1.02. The number of anilines is 1. The molecule has 0 fully saturated rings. The van der Waals surface area contributed by atoms with Crippen molar-refractivity contribution in [2.45, 2.75) is 22.6 Å². The molecule has 0 amide bonds. The molecule has 1 heterocycles. The van der Waals surface area contributed by atoms with Gasteiger partial charge in [0.25, 0.3) is 0 Å². The number of benzene rings is 2. The fourth-order valence-electron chi connectivity index (χ4n) is 3.58. The van der Waals surface area contributed by atoms with Crippen molar-refractivity contribution < 1.29 is 18.3 Å². The fourth-order valence-corrected chi connectivity index (χ4v) is 4.92. The van der Waals surface area contributed by atoms with Crippen LogP contribution in [-0.2, 0) is 16.3 Å². The predicted octanol–water partition coefficient (Wildman–Crippen LogP) is 4.05. The highest BCUT2D eigenvalue weighted by Gasteiger charge is 2.21. The number of hydrogen-bond donors (Lipinski definition) is 2. The van der Waals surface area contributed by atoms with E-state index in [4.69, 9.17) is 0 Å². The van der Waals surface area contributed by atoms with Gasteiger partial charge in [0, 0.05) is 12.7 Å². The molecule has 0 saturated carbocycles. The first kappa shape index (κ1) is 19.8. The van der Waals surface area contributed by atoms with Crippen LogP contribution in [-0.4, -0.2) is 31.0 Å². The highest BCUT2D eigenvalue weighted by Crippen LogP contribution is 2.31. The molecular formula is C23H20N2O4S. The van der Waals surface area contributed by atoms with E-state index in [0.717, 1.165) is 29.5 Å². The number of carbonyl (C=O) groups is 1. The van der Waals surface area contributed by atoms with Gasteiger partial charge in [-0.15, -0.1) is 0 Å². The van der Waals surface area contributed by atoms with Crippen molar-refractivity contribution in [3.05, 3.63) is 89.8 Å². The highest BCUT2D eigenvalue weighted by atomic mass is 32.2. The molecule has 0 bridgehead atoms. The Morgan fingerprint density at radius 1 is 1.07 bits per heavy atom. The van der Waals surface area contributed by atoms with E-state index in [-0.39, 0.29) is 15.4 Å². The molecule has 3 aromatic rings. The van der Waals surface area contributed by atoms with Crippen molar-refractivity contribution in [1.29, 1.82) is 0 Å². The third-order valence-corrected chi connectivity index (χ3v) is 6.88. The minimum absolute atomic E-state index is 0.158. The van der Waals surface area contributed by atoms with Crippen molar-refractivity contribution in [3.8, 4) is 0 Å². The zero-order chi connectivity index (χ0) is 21.1. The van der Waals surface area contributed by atoms with Gasteiger partial charge in [0.1, 0.15) is 0 Å². The molecule has 4 rings (SSSR count). The van der Waals surface area contributed by atoms with E-state index in [2.05, 4.69) is 16.4 Å². The smallest absolute Gasteiger partial charge is 0.337 e. The second-order valence-corrected chi connectivity index (χ2v) is 8.93. The lowest BCUT2D eigenvalue weighted by Crippen LogP contribution is -2.13. The van der Waals surface area contributed by atoms with E-state index in [0.29, 0.717) is 12.2 Å². The molecule has 1 aromatic heterocycles. The van der Waals surface area contributed by atoms with Crippen molar-refractivity contribution in [3.63, 3.8) is 0 Å². The number of nitrogens with zero attached hydrogens (tertiary/aromatic N) is 1. The first-order chi connectivity index (χ1) is 14.5. The minimum atomic E-state index is -3.57. The summed E-state index contributed by atoms with van der Waals surface area (Å²) in [6.45, 7) is 0.420. The van der Waals surface area contributed by atoms with Crippen LogP contribution in [0.5, 0.6) is 0 Å². The first-order valence-electron chi connectivity index (χ1n) is 9.50. The third-order valence-electron chi connectivity index (χ3n) is 5.11. The van der Waals surface area contributed by atoms with Gasteiger partial charge >= 0.3 is 5.97 Å². The Bertz CT molecular complexity index is 1240. The quantitative estimate of drug-likeness (QED) is 0.624. The zero-order valence-corrected chi connectivity index (χ0v) is 16.9. The fraction of sp³-hybridized carbons (Fsp3) is 0.130. The van der Waals surface area contributed by atoms with Crippen LogP contribution < -0.4 is 5.32 Å². The van der Waals surface area contributed by atoms with Gasteiger partial charge in [0.05, 0.1) is 27.2 Å². The maximum atomic E-state index is 12.9. The van der Waals surface area contributed by atoms with Crippen LogP contribution >= 0.6 is 0 Å². The molecule has 7 heteroatoms. The topological polar surface area (TPSA) is 96.4 Å². The molecule has 0 unspecified atom stereocenters. The van der Waals surface area contributed by atoms with Gasteiger partial charge in [0.15, 0.2) is 0 Å². The number of pyridine rings is 1. The van der Waals surface area contributed by atoms with Crippen molar-refractivity contribution >= 4 is 27.1 Å². The van der Waals surface area contributed by atoms with Gasteiger partial charge in [-0.25, -0.2) is 13.2 Å². The Morgan fingerprint density at radius 3 is 2.63 bits per heavy atom. The summed E-state index contributed by atoms with van der Waals surface area (Å²) in [7, 11) is -3.57. The minimum Gasteiger partial charge on any atom is -0.478 e. The Labute approximate surface area is 174 Å². The number of fused-ring (bicyclic) bond motifs is 1. The molecule has 2 aromatic carbocycles. The van der Waals surface area contributed by atoms with Crippen LogP contribution in [0.1, 0.15) is 27.9 Å². The van der Waals surface area contributed by atoms with Gasteiger partial charge in [-0.1, -0.05) is 30.3 Å². The highest BCUT2D eigenvalue weighted by molar-refractivity contribution is 7.91. The summed E-state index contributed by atoms with van der Waals surface area (Å²) in [4.78, 5) is 15.9. The SMILES string of the molecule is O=C(O)c1ccncc1NCC1=CCCc2cc(S(=O)(=O)c3ccccc3)ccc21. The maximum absolute atomic E-state index is 12.9. The van der Waals surface area contributed by atoms with Crippen LogP contribution in [0.3, 0.4) is 0 Å². The number of aryl methyl sites for hydroxylation is 1. The Morgan fingerprint density at radius 2 is 1.87 bits per heavy atom. The number of hydrogen-bond acceptors (Lipinski definition) is 5. The zero-order valence-electron chi connectivity index (χ0n) is 16.1. The molecular weight excluding hydrogens is 400 g/mol. The molecule has 0 aliphatic heterocycles. The van der Waals surface area contributed by atoms with Crippen LogP contribution in [0.25, 0.3) is 5.57 Å². The average Bonchev–Trinajstić information content (AvgIpc) is 2.78. The van der Waals surface area contributed by atoms with E-state index >= 15 is 0 Å². The van der Waals surface area contributed by atoms with Crippen molar-refractivity contribution in [2.75, 3.05) is 11.9 Å². The van der Waals surface area contributed by atoms with Crippen LogP contribution in [0, 0.1) is 0 Å². The molecule has 2 N–H and O–H groups in total. The van der Waals surface area contributed by atoms with Gasteiger partial charge in [0.2, 0.25) is 9.84 Å². The number of sulfone groups is 1. The van der Waals surface area contributed by atoms with E-state index < -0.39 is 15.8 Å². The van der Waals surface area contributed by atoms with Gasteiger partial charge in [-0.05, 0) is 59.9 Å². The molecule has 0 saturated heterocycles. The Hall–Kier alpha value is -3.45. The van der Waals surface area contributed by atoms with Gasteiger partial charge in [-0.2, -0.15) is 0 Å². The molecule has 6 nitrogen and oxygen atoms in total. The Kier molecular flexibility index (Phi) is 5.37. The monoisotopic (exact) mass is 420 g/mol. The summed E-state index contributed by atoms with van der Waals surface area (Å²) in [6, 6.07) is 15.1. The van der Waals surface area contributed by atoms with Crippen molar-refractivity contribution in [2.24, 2.45) is 0 Å². The number of carboxylic acids is 1. The number of nitrogens with one attached hydrogen (secondary N) is 1. The third kappa shape index (κ3) is 3.84. The maximum Gasteiger partial charge on any atom is 0.337 e. The molecule has 1 aliphatic carbocycles. The van der Waals surface area contributed by atoms with E-state index in [1.165, 1.54) is 18.5 Å². The van der Waals surface area contributed by atoms with E-state index in [1.807, 2.05) is 6.07 Å². The number of rotatable bonds is 6. The number of aromatic carboxylic acids is 1. The number of aromatic nitrogens is 1. The average molecular weight is 420 g/mol. The number of allylic oxidation sites excluding steroid dienone is 1. The largest absolute Gasteiger partial charge is 0.478 e. The standard InChI is InChI=1S/C23H20N2O4S/c26-23(27)21-11-12-24-15-22(21)25-14-17-6-4-5-16-13-19(9-10-20(16)17)30(28,29)18-7-2-1-3-8-18/h1-3,6-13,15,25H,4-5,14H2,(H,26,27). The lowest BCUT2D eigenvalue weighted by Gasteiger charge is -2.20. The van der Waals surface area contributed by atoms with Gasteiger partial charge in [-0.3, -0.25) is 4.98 Å². The summed E-state index contributed by atoms with van der Waals surface area (Å²) < 4.78 is 25.8. The van der Waals surface area contributed by atoms with Crippen LogP contribution in [0.2, 0.25) is 0 Å². The van der Waals surface area contributed by atoms with Crippen molar-refractivity contribution in [1.82, 2.24) is 4.98 Å². The summed E-state index contributed by atoms with van der Waals surface area (Å²) in [6.07, 6.45) is 6.57. The molecule has 152 valence electrons. The van der Waals surface area contributed by atoms with E-state index in [9.17, 15) is 18.3 Å². The normalized spacial score (nSPS) is 13.3. The van der Waals surface area contributed by atoms with Crippen LogP contribution in [0.15, 0.2) is 82.9 Å². The Balaban J connectivity index is 1.60. The van der Waals surface area contributed by atoms with Crippen LogP contribution in [0.4, 0.5) is 5.69 Å². The first-order valence-corrected chi connectivity index (χ1v) is 11.0. The van der Waals surface area contributed by atoms with Gasteiger partial charge < -0.3 is 10.4 Å². The predicted molar refractivity (Wildman–Crippen MR) is 114 cm³/mol. The molecule has 1 aliphatic rings. The second kappa shape index (κ2) is 8.12. The molecule has 0 spiro atoms.